The van der Waals surface area contributed by atoms with E-state index in [-0.39, 0.29) is 5.56 Å². The van der Waals surface area contributed by atoms with Crippen molar-refractivity contribution in [2.24, 2.45) is 0 Å². The molecule has 1 fully saturated rings. The summed E-state index contributed by atoms with van der Waals surface area (Å²) in [5.74, 6) is -2.26. The fourth-order valence-corrected chi connectivity index (χ4v) is 3.37. The second kappa shape index (κ2) is 8.05. The SMILES string of the molecule is CCC1(Oc2cc(C(=O)OCCS(=O)(=O)O)ccc2C(F)(F)F)CCCC1. The van der Waals surface area contributed by atoms with Crippen LogP contribution >= 0.6 is 0 Å². The minimum atomic E-state index is -4.66. The molecule has 0 spiro atoms. The maximum Gasteiger partial charge on any atom is 0.419 e. The van der Waals surface area contributed by atoms with Crippen molar-refractivity contribution in [1.82, 2.24) is 0 Å². The lowest BCUT2D eigenvalue weighted by Gasteiger charge is -2.30. The number of ether oxygens (including phenoxy) is 2. The number of rotatable bonds is 7. The van der Waals surface area contributed by atoms with E-state index in [1.54, 1.807) is 0 Å². The van der Waals surface area contributed by atoms with Crippen LogP contribution in [-0.4, -0.2) is 36.9 Å². The first kappa shape index (κ1) is 21.5. The highest BCUT2D eigenvalue weighted by Crippen LogP contribution is 2.42. The summed E-state index contributed by atoms with van der Waals surface area (Å²) in [6, 6.07) is 2.65. The van der Waals surface area contributed by atoms with E-state index in [2.05, 4.69) is 0 Å². The monoisotopic (exact) mass is 410 g/mol. The number of esters is 1. The van der Waals surface area contributed by atoms with Crippen molar-refractivity contribution in [3.63, 3.8) is 0 Å². The van der Waals surface area contributed by atoms with Gasteiger partial charge in [-0.2, -0.15) is 21.6 Å². The van der Waals surface area contributed by atoms with Crippen molar-refractivity contribution in [2.75, 3.05) is 12.4 Å². The predicted octanol–water partition coefficient (Wildman–Crippen LogP) is 3.85. The average Bonchev–Trinajstić information content (AvgIpc) is 3.01. The fourth-order valence-electron chi connectivity index (χ4n) is 3.07. The molecule has 0 unspecified atom stereocenters. The van der Waals surface area contributed by atoms with Crippen molar-refractivity contribution in [3.05, 3.63) is 29.3 Å². The standard InChI is InChI=1S/C17H21F3O6S/c1-2-16(7-3-4-8-16)26-14-11-12(5-6-13(14)17(18,19)20)15(21)25-9-10-27(22,23)24/h5-6,11H,2-4,7-10H2,1H3,(H,22,23,24). The molecular formula is C17H21F3O6S. The van der Waals surface area contributed by atoms with Gasteiger partial charge >= 0.3 is 12.1 Å². The third-order valence-corrected chi connectivity index (χ3v) is 5.27. The van der Waals surface area contributed by atoms with E-state index in [4.69, 9.17) is 14.0 Å². The Morgan fingerprint density at radius 2 is 1.89 bits per heavy atom. The van der Waals surface area contributed by atoms with E-state index in [1.807, 2.05) is 6.92 Å². The molecular weight excluding hydrogens is 389 g/mol. The Labute approximate surface area is 155 Å². The minimum absolute atomic E-state index is 0.197. The first-order valence-corrected chi connectivity index (χ1v) is 10.1. The van der Waals surface area contributed by atoms with Gasteiger partial charge in [0.1, 0.15) is 23.7 Å². The summed E-state index contributed by atoms with van der Waals surface area (Å²) in [5, 5.41) is 0. The van der Waals surface area contributed by atoms with Crippen LogP contribution in [0.1, 0.15) is 54.9 Å². The number of carbonyl (C=O) groups is 1. The van der Waals surface area contributed by atoms with Gasteiger partial charge in [0, 0.05) is 0 Å². The second-order valence-electron chi connectivity index (χ2n) is 6.48. The van der Waals surface area contributed by atoms with Crippen LogP contribution in [-0.2, 0) is 21.0 Å². The lowest BCUT2D eigenvalue weighted by Crippen LogP contribution is -2.32. The van der Waals surface area contributed by atoms with Gasteiger partial charge < -0.3 is 9.47 Å². The molecule has 0 atom stereocenters. The highest BCUT2D eigenvalue weighted by molar-refractivity contribution is 7.85. The van der Waals surface area contributed by atoms with Gasteiger partial charge in [-0.25, -0.2) is 4.79 Å². The second-order valence-corrected chi connectivity index (χ2v) is 8.05. The molecule has 1 aromatic rings. The van der Waals surface area contributed by atoms with E-state index in [9.17, 15) is 26.4 Å². The van der Waals surface area contributed by atoms with Crippen LogP contribution in [0.3, 0.4) is 0 Å². The Kier molecular flexibility index (Phi) is 6.41. The first-order chi connectivity index (χ1) is 12.5. The van der Waals surface area contributed by atoms with E-state index in [0.29, 0.717) is 19.3 Å². The average molecular weight is 410 g/mol. The van der Waals surface area contributed by atoms with Crippen molar-refractivity contribution < 1.29 is 40.4 Å². The Morgan fingerprint density at radius 1 is 1.26 bits per heavy atom. The summed E-state index contributed by atoms with van der Waals surface area (Å²) >= 11 is 0. The predicted molar refractivity (Wildman–Crippen MR) is 90.3 cm³/mol. The van der Waals surface area contributed by atoms with E-state index in [1.165, 1.54) is 0 Å². The zero-order chi connectivity index (χ0) is 20.3. The normalized spacial score (nSPS) is 16.9. The molecule has 0 aliphatic heterocycles. The molecule has 0 amide bonds. The van der Waals surface area contributed by atoms with Crippen molar-refractivity contribution in [2.45, 2.75) is 50.8 Å². The fraction of sp³-hybridized carbons (Fsp3) is 0.588. The van der Waals surface area contributed by atoms with E-state index < -0.39 is 51.5 Å². The van der Waals surface area contributed by atoms with Crippen LogP contribution in [0.5, 0.6) is 5.75 Å². The van der Waals surface area contributed by atoms with Gasteiger partial charge in [-0.1, -0.05) is 6.92 Å². The molecule has 1 saturated carbocycles. The molecule has 1 aliphatic rings. The highest BCUT2D eigenvalue weighted by atomic mass is 32.2. The van der Waals surface area contributed by atoms with Crippen molar-refractivity contribution in [3.8, 4) is 5.75 Å². The van der Waals surface area contributed by atoms with Gasteiger partial charge in [-0.3, -0.25) is 4.55 Å². The molecule has 6 nitrogen and oxygen atoms in total. The molecule has 2 rings (SSSR count). The lowest BCUT2D eigenvalue weighted by molar-refractivity contribution is -0.140. The topological polar surface area (TPSA) is 89.9 Å². The lowest BCUT2D eigenvalue weighted by atomic mass is 9.98. The smallest absolute Gasteiger partial charge is 0.419 e. The van der Waals surface area contributed by atoms with Crippen LogP contribution < -0.4 is 4.74 Å². The maximum absolute atomic E-state index is 13.3. The molecule has 1 N–H and O–H groups in total. The number of hydrogen-bond acceptors (Lipinski definition) is 5. The molecule has 1 aromatic carbocycles. The maximum atomic E-state index is 13.3. The van der Waals surface area contributed by atoms with E-state index >= 15 is 0 Å². The van der Waals surface area contributed by atoms with Gasteiger partial charge in [-0.05, 0) is 50.3 Å². The zero-order valence-electron chi connectivity index (χ0n) is 14.7. The van der Waals surface area contributed by atoms with Gasteiger partial charge in [0.15, 0.2) is 0 Å². The number of carbonyl (C=O) groups excluding carboxylic acids is 1. The molecule has 0 heterocycles. The van der Waals surface area contributed by atoms with Crippen LogP contribution in [0.4, 0.5) is 13.2 Å². The molecule has 0 aromatic heterocycles. The Balaban J connectivity index is 2.27. The molecule has 0 radical (unpaired) electrons. The highest BCUT2D eigenvalue weighted by Gasteiger charge is 2.39. The summed E-state index contributed by atoms with van der Waals surface area (Å²) in [6.07, 6.45) is -1.16. The molecule has 0 bridgehead atoms. The Morgan fingerprint density at radius 3 is 2.41 bits per heavy atom. The molecule has 10 heteroatoms. The van der Waals surface area contributed by atoms with Crippen molar-refractivity contribution in [1.29, 1.82) is 0 Å². The third-order valence-electron chi connectivity index (χ3n) is 4.58. The summed E-state index contributed by atoms with van der Waals surface area (Å²) in [6.45, 7) is 1.22. The van der Waals surface area contributed by atoms with Crippen LogP contribution in [0.2, 0.25) is 0 Å². The summed E-state index contributed by atoms with van der Waals surface area (Å²) in [7, 11) is -4.31. The van der Waals surface area contributed by atoms with Crippen LogP contribution in [0, 0.1) is 0 Å². The summed E-state index contributed by atoms with van der Waals surface area (Å²) < 4.78 is 80.3. The van der Waals surface area contributed by atoms with Gasteiger partial charge in [0.25, 0.3) is 10.1 Å². The number of alkyl halides is 3. The van der Waals surface area contributed by atoms with Gasteiger partial charge in [-0.15, -0.1) is 0 Å². The first-order valence-electron chi connectivity index (χ1n) is 8.48. The summed E-state index contributed by atoms with van der Waals surface area (Å²) in [4.78, 5) is 12.0. The molecule has 0 saturated heterocycles. The number of halogens is 3. The Bertz CT molecular complexity index is 782. The van der Waals surface area contributed by atoms with Crippen LogP contribution in [0.15, 0.2) is 18.2 Å². The summed E-state index contributed by atoms with van der Waals surface area (Å²) in [5.41, 5.74) is -1.89. The number of hydrogen-bond donors (Lipinski definition) is 1. The Hall–Kier alpha value is -1.81. The minimum Gasteiger partial charge on any atom is -0.487 e. The zero-order valence-corrected chi connectivity index (χ0v) is 15.5. The van der Waals surface area contributed by atoms with Gasteiger partial charge in [0.2, 0.25) is 0 Å². The van der Waals surface area contributed by atoms with Crippen LogP contribution in [0.25, 0.3) is 0 Å². The van der Waals surface area contributed by atoms with E-state index in [0.717, 1.165) is 31.0 Å². The largest absolute Gasteiger partial charge is 0.487 e. The van der Waals surface area contributed by atoms with Gasteiger partial charge in [0.05, 0.1) is 11.1 Å². The molecule has 1 aliphatic carbocycles. The third kappa shape index (κ3) is 5.83. The molecule has 152 valence electrons. The molecule has 27 heavy (non-hydrogen) atoms. The van der Waals surface area contributed by atoms with Crippen molar-refractivity contribution >= 4 is 16.1 Å². The number of benzene rings is 1. The quantitative estimate of drug-likeness (QED) is 0.542.